The highest BCUT2D eigenvalue weighted by molar-refractivity contribution is 7.17. The second kappa shape index (κ2) is 4.53. The first kappa shape index (κ1) is 11.0. The van der Waals surface area contributed by atoms with Crippen LogP contribution in [0.4, 0.5) is 0 Å². The Labute approximate surface area is 97.5 Å². The average Bonchev–Trinajstić information content (AvgIpc) is 2.60. The lowest BCUT2D eigenvalue weighted by atomic mass is 10.1. The van der Waals surface area contributed by atoms with Gasteiger partial charge in [-0.3, -0.25) is 4.79 Å². The fourth-order valence-electron chi connectivity index (χ4n) is 1.72. The van der Waals surface area contributed by atoms with Crippen LogP contribution in [0.3, 0.4) is 0 Å². The molecule has 2 aromatic rings. The van der Waals surface area contributed by atoms with E-state index in [1.54, 1.807) is 23.5 Å². The zero-order valence-corrected chi connectivity index (χ0v) is 9.59. The summed E-state index contributed by atoms with van der Waals surface area (Å²) in [4.78, 5) is 10.6. The quantitative estimate of drug-likeness (QED) is 0.854. The van der Waals surface area contributed by atoms with Gasteiger partial charge in [0.25, 0.3) is 0 Å². The van der Waals surface area contributed by atoms with Crippen LogP contribution in [-0.4, -0.2) is 11.0 Å². The Bertz CT molecular complexity index is 519. The number of primary amides is 1. The van der Waals surface area contributed by atoms with Gasteiger partial charge in [-0.25, -0.2) is 0 Å². The summed E-state index contributed by atoms with van der Waals surface area (Å²) in [5.41, 5.74) is 6.27. The molecule has 0 radical (unpaired) electrons. The number of nitrogens with two attached hydrogens (primary N) is 1. The minimum atomic E-state index is -0.262. The van der Waals surface area contributed by atoms with Crippen molar-refractivity contribution in [3.8, 4) is 5.75 Å². The fourth-order valence-corrected chi connectivity index (χ4v) is 2.69. The summed E-state index contributed by atoms with van der Waals surface area (Å²) in [6.45, 7) is 0. The van der Waals surface area contributed by atoms with Crippen LogP contribution in [-0.2, 0) is 11.2 Å². The van der Waals surface area contributed by atoms with Gasteiger partial charge in [0.15, 0.2) is 0 Å². The Morgan fingerprint density at radius 2 is 2.25 bits per heavy atom. The number of phenols is 1. The third-order valence-corrected chi connectivity index (χ3v) is 3.52. The van der Waals surface area contributed by atoms with Crippen molar-refractivity contribution in [1.29, 1.82) is 0 Å². The molecule has 0 saturated carbocycles. The number of hydrogen-bond acceptors (Lipinski definition) is 3. The Morgan fingerprint density at radius 3 is 3.00 bits per heavy atom. The van der Waals surface area contributed by atoms with Crippen LogP contribution in [0.1, 0.15) is 18.4 Å². The molecule has 0 atom stereocenters. The molecule has 16 heavy (non-hydrogen) atoms. The molecular formula is C12H13NO2S. The second-order valence-corrected chi connectivity index (χ2v) is 4.67. The molecule has 1 aromatic carbocycles. The van der Waals surface area contributed by atoms with Crippen molar-refractivity contribution in [1.82, 2.24) is 0 Å². The van der Waals surface area contributed by atoms with Gasteiger partial charge in [-0.2, -0.15) is 0 Å². The smallest absolute Gasteiger partial charge is 0.217 e. The highest BCUT2D eigenvalue weighted by Crippen LogP contribution is 2.29. The van der Waals surface area contributed by atoms with Gasteiger partial charge >= 0.3 is 0 Å². The van der Waals surface area contributed by atoms with E-state index in [2.05, 4.69) is 5.38 Å². The lowest BCUT2D eigenvalue weighted by molar-refractivity contribution is -0.118. The maximum absolute atomic E-state index is 10.6. The summed E-state index contributed by atoms with van der Waals surface area (Å²) in [5, 5.41) is 12.6. The third-order valence-electron chi connectivity index (χ3n) is 2.51. The maximum atomic E-state index is 10.6. The van der Waals surface area contributed by atoms with Gasteiger partial charge < -0.3 is 10.8 Å². The number of amides is 1. The maximum Gasteiger partial charge on any atom is 0.217 e. The topological polar surface area (TPSA) is 63.3 Å². The first-order valence-corrected chi connectivity index (χ1v) is 6.02. The van der Waals surface area contributed by atoms with Crippen molar-refractivity contribution >= 4 is 27.3 Å². The van der Waals surface area contributed by atoms with Crippen molar-refractivity contribution in [2.24, 2.45) is 5.73 Å². The molecule has 0 unspecified atom stereocenters. The van der Waals surface area contributed by atoms with Crippen molar-refractivity contribution in [2.75, 3.05) is 0 Å². The zero-order chi connectivity index (χ0) is 11.5. The largest absolute Gasteiger partial charge is 0.508 e. The van der Waals surface area contributed by atoms with Crippen molar-refractivity contribution in [3.63, 3.8) is 0 Å². The number of benzene rings is 1. The Morgan fingerprint density at radius 1 is 1.44 bits per heavy atom. The number of phenolic OH excluding ortho intramolecular Hbond substituents is 1. The number of fused-ring (bicyclic) bond motifs is 1. The molecule has 0 fully saturated rings. The normalized spacial score (nSPS) is 10.8. The highest BCUT2D eigenvalue weighted by atomic mass is 32.1. The number of carbonyl (C=O) groups excluding carboxylic acids is 1. The van der Waals surface area contributed by atoms with Crippen molar-refractivity contribution in [3.05, 3.63) is 29.1 Å². The van der Waals surface area contributed by atoms with E-state index >= 15 is 0 Å². The summed E-state index contributed by atoms with van der Waals surface area (Å²) in [7, 11) is 0. The number of aromatic hydroxyl groups is 1. The molecule has 0 bridgehead atoms. The summed E-state index contributed by atoms with van der Waals surface area (Å²) in [6, 6.07) is 5.37. The summed E-state index contributed by atoms with van der Waals surface area (Å²) >= 11 is 1.65. The SMILES string of the molecule is NC(=O)CCCc1csc2ccc(O)cc12. The van der Waals surface area contributed by atoms with E-state index < -0.39 is 0 Å². The minimum absolute atomic E-state index is 0.262. The van der Waals surface area contributed by atoms with Crippen LogP contribution in [0, 0.1) is 0 Å². The molecule has 0 aliphatic rings. The standard InChI is InChI=1S/C12H13NO2S/c13-12(15)3-1-2-8-7-16-11-5-4-9(14)6-10(8)11/h4-7,14H,1-3H2,(H2,13,15). The van der Waals surface area contributed by atoms with Crippen molar-refractivity contribution < 1.29 is 9.90 Å². The molecule has 3 nitrogen and oxygen atoms in total. The number of aryl methyl sites for hydroxylation is 1. The van der Waals surface area contributed by atoms with E-state index in [4.69, 9.17) is 5.73 Å². The lowest BCUT2D eigenvalue weighted by Gasteiger charge is -1.99. The fraction of sp³-hybridized carbons (Fsp3) is 0.250. The highest BCUT2D eigenvalue weighted by Gasteiger charge is 2.05. The summed E-state index contributed by atoms with van der Waals surface area (Å²) in [6.07, 6.45) is 2.00. The van der Waals surface area contributed by atoms with Gasteiger partial charge in [0.05, 0.1) is 0 Å². The van der Waals surface area contributed by atoms with E-state index in [-0.39, 0.29) is 11.7 Å². The Balaban J connectivity index is 2.17. The molecule has 84 valence electrons. The first-order chi connectivity index (χ1) is 7.66. The average molecular weight is 235 g/mol. The molecule has 0 spiro atoms. The van der Waals surface area contributed by atoms with Gasteiger partial charge in [0.2, 0.25) is 5.91 Å². The molecule has 0 saturated heterocycles. The molecule has 1 amide bonds. The van der Waals surface area contributed by atoms with Gasteiger partial charge in [-0.05, 0) is 47.4 Å². The summed E-state index contributed by atoms with van der Waals surface area (Å²) < 4.78 is 1.16. The van der Waals surface area contributed by atoms with Gasteiger partial charge in [0, 0.05) is 11.1 Å². The van der Waals surface area contributed by atoms with Crippen LogP contribution in [0.2, 0.25) is 0 Å². The molecule has 2 rings (SSSR count). The van der Waals surface area contributed by atoms with Gasteiger partial charge in [-0.15, -0.1) is 11.3 Å². The van der Waals surface area contributed by atoms with Crippen LogP contribution >= 0.6 is 11.3 Å². The van der Waals surface area contributed by atoms with Crippen LogP contribution < -0.4 is 5.73 Å². The first-order valence-electron chi connectivity index (χ1n) is 5.14. The van der Waals surface area contributed by atoms with Crippen LogP contribution in [0.15, 0.2) is 23.6 Å². The number of hydrogen-bond donors (Lipinski definition) is 2. The Kier molecular flexibility index (Phi) is 3.10. The number of thiophene rings is 1. The zero-order valence-electron chi connectivity index (χ0n) is 8.77. The predicted octanol–water partition coefficient (Wildman–Crippen LogP) is 2.41. The van der Waals surface area contributed by atoms with E-state index in [9.17, 15) is 9.90 Å². The van der Waals surface area contributed by atoms with E-state index in [1.807, 2.05) is 6.07 Å². The van der Waals surface area contributed by atoms with Gasteiger partial charge in [-0.1, -0.05) is 0 Å². The Hall–Kier alpha value is -1.55. The van der Waals surface area contributed by atoms with Crippen LogP contribution in [0.25, 0.3) is 10.1 Å². The molecule has 0 aliphatic carbocycles. The van der Waals surface area contributed by atoms with Crippen molar-refractivity contribution in [2.45, 2.75) is 19.3 Å². The monoisotopic (exact) mass is 235 g/mol. The van der Waals surface area contributed by atoms with Crippen LogP contribution in [0.5, 0.6) is 5.75 Å². The van der Waals surface area contributed by atoms with Gasteiger partial charge in [0.1, 0.15) is 5.75 Å². The molecule has 1 aromatic heterocycles. The molecule has 1 heterocycles. The minimum Gasteiger partial charge on any atom is -0.508 e. The van der Waals surface area contributed by atoms with E-state index in [0.29, 0.717) is 6.42 Å². The molecule has 0 aliphatic heterocycles. The molecular weight excluding hydrogens is 222 g/mol. The summed E-state index contributed by atoms with van der Waals surface area (Å²) in [5.74, 6) is 0.0180. The second-order valence-electron chi connectivity index (χ2n) is 3.76. The third kappa shape index (κ3) is 2.33. The lowest BCUT2D eigenvalue weighted by Crippen LogP contribution is -2.09. The molecule has 4 heteroatoms. The molecule has 3 N–H and O–H groups in total. The number of rotatable bonds is 4. The number of carbonyl (C=O) groups is 1. The van der Waals surface area contributed by atoms with E-state index in [1.165, 1.54) is 5.56 Å². The van der Waals surface area contributed by atoms with E-state index in [0.717, 1.165) is 22.9 Å². The predicted molar refractivity (Wildman–Crippen MR) is 65.6 cm³/mol.